The van der Waals surface area contributed by atoms with Crippen LogP contribution in [0.3, 0.4) is 0 Å². The highest BCUT2D eigenvalue weighted by Crippen LogP contribution is 2.64. The van der Waals surface area contributed by atoms with Gasteiger partial charge in [-0.15, -0.1) is 0 Å². The van der Waals surface area contributed by atoms with Gasteiger partial charge in [-0.25, -0.2) is 0 Å². The Hall–Kier alpha value is -0.970. The molecule has 2 unspecified atom stereocenters. The molecule has 20 heavy (non-hydrogen) atoms. The number of nitrogens with zero attached hydrogens (tertiary/aromatic N) is 1. The number of amides is 2. The number of likely N-dealkylation sites (tertiary alicyclic amines) is 1. The van der Waals surface area contributed by atoms with E-state index in [0.717, 1.165) is 38.5 Å². The number of thiocarbonyl (C=S) groups is 1. The van der Waals surface area contributed by atoms with Crippen molar-refractivity contribution in [1.29, 1.82) is 0 Å². The van der Waals surface area contributed by atoms with Crippen molar-refractivity contribution in [3.8, 4) is 0 Å². The van der Waals surface area contributed by atoms with Crippen molar-refractivity contribution in [2.45, 2.75) is 57.9 Å². The molecule has 2 aliphatic carbocycles. The lowest BCUT2D eigenvalue weighted by atomic mass is 9.86. The van der Waals surface area contributed by atoms with E-state index in [1.165, 1.54) is 4.90 Å². The zero-order valence-corrected chi connectivity index (χ0v) is 13.0. The Morgan fingerprint density at radius 1 is 1.10 bits per heavy atom. The Morgan fingerprint density at radius 3 is 1.95 bits per heavy atom. The van der Waals surface area contributed by atoms with Crippen molar-refractivity contribution in [2.75, 3.05) is 0 Å². The van der Waals surface area contributed by atoms with Gasteiger partial charge in [0.05, 0.1) is 16.8 Å². The van der Waals surface area contributed by atoms with Crippen molar-refractivity contribution in [1.82, 2.24) is 4.90 Å². The van der Waals surface area contributed by atoms with Crippen LogP contribution in [-0.4, -0.2) is 27.2 Å². The molecule has 0 bridgehead atoms. The minimum absolute atomic E-state index is 0.0419. The quantitative estimate of drug-likeness (QED) is 0.481. The number of carbonyl (C=O) groups excluding carboxylic acids is 2. The van der Waals surface area contributed by atoms with Gasteiger partial charge in [-0.2, -0.15) is 0 Å². The Labute approximate surface area is 125 Å². The van der Waals surface area contributed by atoms with Crippen LogP contribution in [-0.2, 0) is 9.59 Å². The largest absolute Gasteiger partial charge is 0.391 e. The summed E-state index contributed by atoms with van der Waals surface area (Å²) in [6.07, 6.45) is 5.68. The molecule has 1 heterocycles. The summed E-state index contributed by atoms with van der Waals surface area (Å²) in [7, 11) is 0. The molecular weight excluding hydrogens is 272 g/mol. The van der Waals surface area contributed by atoms with E-state index >= 15 is 0 Å². The summed E-state index contributed by atoms with van der Waals surface area (Å²) in [6, 6.07) is 0. The highest BCUT2D eigenvalue weighted by Gasteiger charge is 2.74. The SMILES string of the molecule is CC1(C)C2C(=O)N(C3(C(N)=S)CCCCCC3)C(=O)C21. The predicted molar refractivity (Wildman–Crippen MR) is 79.8 cm³/mol. The van der Waals surface area contributed by atoms with E-state index in [1.807, 2.05) is 13.8 Å². The number of piperidine rings is 1. The molecule has 2 atom stereocenters. The molecular formula is C15H22N2O2S. The van der Waals surface area contributed by atoms with E-state index in [4.69, 9.17) is 18.0 Å². The van der Waals surface area contributed by atoms with Crippen molar-refractivity contribution < 1.29 is 9.59 Å². The molecule has 1 saturated heterocycles. The third kappa shape index (κ3) is 1.62. The maximum atomic E-state index is 12.7. The molecule has 1 aliphatic heterocycles. The van der Waals surface area contributed by atoms with Crippen LogP contribution in [0.25, 0.3) is 0 Å². The number of hydrogen-bond donors (Lipinski definition) is 1. The second kappa shape index (κ2) is 4.26. The van der Waals surface area contributed by atoms with Crippen LogP contribution < -0.4 is 5.73 Å². The summed E-state index contributed by atoms with van der Waals surface area (Å²) < 4.78 is 0. The van der Waals surface area contributed by atoms with E-state index in [0.29, 0.717) is 4.99 Å². The van der Waals surface area contributed by atoms with Crippen molar-refractivity contribution in [3.63, 3.8) is 0 Å². The van der Waals surface area contributed by atoms with E-state index in [9.17, 15) is 9.59 Å². The summed E-state index contributed by atoms with van der Waals surface area (Å²) in [6.45, 7) is 3.99. The normalized spacial score (nSPS) is 34.6. The van der Waals surface area contributed by atoms with Crippen LogP contribution >= 0.6 is 12.2 Å². The van der Waals surface area contributed by atoms with Crippen molar-refractivity contribution >= 4 is 29.0 Å². The Kier molecular flexibility index (Phi) is 2.98. The monoisotopic (exact) mass is 294 g/mol. The van der Waals surface area contributed by atoms with Gasteiger partial charge in [0.1, 0.15) is 5.54 Å². The van der Waals surface area contributed by atoms with E-state index < -0.39 is 5.54 Å². The van der Waals surface area contributed by atoms with Crippen LogP contribution in [0.15, 0.2) is 0 Å². The van der Waals surface area contributed by atoms with Gasteiger partial charge < -0.3 is 5.73 Å². The minimum Gasteiger partial charge on any atom is -0.391 e. The molecule has 110 valence electrons. The number of nitrogens with two attached hydrogens (primary N) is 1. The van der Waals surface area contributed by atoms with E-state index in [-0.39, 0.29) is 29.1 Å². The molecule has 0 radical (unpaired) electrons. The molecule has 0 spiro atoms. The number of fused-ring (bicyclic) bond motifs is 1. The first-order chi connectivity index (χ1) is 9.34. The van der Waals surface area contributed by atoms with Gasteiger partial charge in [0.15, 0.2) is 0 Å². The molecule has 0 aromatic heterocycles. The Morgan fingerprint density at radius 2 is 1.55 bits per heavy atom. The lowest BCUT2D eigenvalue weighted by Crippen LogP contribution is -2.60. The summed E-state index contributed by atoms with van der Waals surface area (Å²) in [5.74, 6) is -0.381. The smallest absolute Gasteiger partial charge is 0.234 e. The van der Waals surface area contributed by atoms with Crippen molar-refractivity contribution in [2.24, 2.45) is 23.0 Å². The number of hydrogen-bond acceptors (Lipinski definition) is 3. The van der Waals surface area contributed by atoms with Crippen LogP contribution in [0, 0.1) is 17.3 Å². The fraction of sp³-hybridized carbons (Fsp3) is 0.800. The number of imide groups is 1. The second-order valence-corrected chi connectivity index (χ2v) is 7.54. The lowest BCUT2D eigenvalue weighted by Gasteiger charge is -2.41. The van der Waals surface area contributed by atoms with E-state index in [1.54, 1.807) is 0 Å². The van der Waals surface area contributed by atoms with E-state index in [2.05, 4.69) is 0 Å². The Bertz CT molecular complexity index is 468. The van der Waals surface area contributed by atoms with Gasteiger partial charge in [0.25, 0.3) is 0 Å². The molecule has 3 fully saturated rings. The summed E-state index contributed by atoms with van der Waals surface area (Å²) >= 11 is 5.27. The van der Waals surface area contributed by atoms with Crippen molar-refractivity contribution in [3.05, 3.63) is 0 Å². The molecule has 5 heteroatoms. The highest BCUT2D eigenvalue weighted by molar-refractivity contribution is 7.80. The summed E-state index contributed by atoms with van der Waals surface area (Å²) in [5.41, 5.74) is 5.12. The molecule has 0 aromatic carbocycles. The zero-order valence-electron chi connectivity index (χ0n) is 12.1. The van der Waals surface area contributed by atoms with Crippen LogP contribution in [0.2, 0.25) is 0 Å². The predicted octanol–water partition coefficient (Wildman–Crippen LogP) is 2.01. The number of carbonyl (C=O) groups is 2. The molecule has 2 amide bonds. The van der Waals surface area contributed by atoms with Gasteiger partial charge in [0.2, 0.25) is 11.8 Å². The summed E-state index contributed by atoms with van der Waals surface area (Å²) in [4.78, 5) is 27.1. The van der Waals surface area contributed by atoms with Crippen LogP contribution in [0.4, 0.5) is 0 Å². The van der Waals surface area contributed by atoms with Crippen LogP contribution in [0.1, 0.15) is 52.4 Å². The molecule has 0 aromatic rings. The van der Waals surface area contributed by atoms with Gasteiger partial charge in [-0.05, 0) is 18.3 Å². The topological polar surface area (TPSA) is 63.4 Å². The van der Waals surface area contributed by atoms with Gasteiger partial charge in [-0.3, -0.25) is 14.5 Å². The average molecular weight is 294 g/mol. The summed E-state index contributed by atoms with van der Waals surface area (Å²) in [5, 5.41) is 0. The highest BCUT2D eigenvalue weighted by atomic mass is 32.1. The Balaban J connectivity index is 1.96. The third-order valence-corrected chi connectivity index (χ3v) is 6.00. The molecule has 4 nitrogen and oxygen atoms in total. The molecule has 3 aliphatic rings. The first kappa shape index (κ1) is 14.0. The first-order valence-corrected chi connectivity index (χ1v) is 7.93. The molecule has 2 saturated carbocycles. The molecule has 2 N–H and O–H groups in total. The van der Waals surface area contributed by atoms with Crippen LogP contribution in [0.5, 0.6) is 0 Å². The van der Waals surface area contributed by atoms with Gasteiger partial charge in [0, 0.05) is 0 Å². The van der Waals surface area contributed by atoms with Gasteiger partial charge in [-0.1, -0.05) is 51.7 Å². The first-order valence-electron chi connectivity index (χ1n) is 7.52. The van der Waals surface area contributed by atoms with Gasteiger partial charge >= 0.3 is 0 Å². The maximum Gasteiger partial charge on any atom is 0.234 e. The third-order valence-electron chi connectivity index (χ3n) is 5.62. The molecule has 3 rings (SSSR count). The standard InChI is InChI=1S/C15H22N2O2S/c1-14(2)9-10(14)12(19)17(11(9)18)15(13(16)20)7-5-3-4-6-8-15/h9-10H,3-8H2,1-2H3,(H2,16,20). The second-order valence-electron chi connectivity index (χ2n) is 7.10. The minimum atomic E-state index is -0.691. The zero-order chi connectivity index (χ0) is 14.7. The fourth-order valence-electron chi connectivity index (χ4n) is 4.26. The maximum absolute atomic E-state index is 12.7. The lowest BCUT2D eigenvalue weighted by molar-refractivity contribution is -0.148. The fourth-order valence-corrected chi connectivity index (χ4v) is 4.56. The average Bonchev–Trinajstić information content (AvgIpc) is 2.92. The number of rotatable bonds is 2.